The fraction of sp³-hybridized carbons (Fsp3) is 0.561. The summed E-state index contributed by atoms with van der Waals surface area (Å²) in [6.07, 6.45) is -3.78. The summed E-state index contributed by atoms with van der Waals surface area (Å²) in [7, 11) is 0. The van der Waals surface area contributed by atoms with Crippen molar-refractivity contribution in [1.29, 1.82) is 0 Å². The van der Waals surface area contributed by atoms with Crippen LogP contribution in [0.25, 0.3) is 0 Å². The van der Waals surface area contributed by atoms with Gasteiger partial charge in [0.2, 0.25) is 5.60 Å². The molecule has 0 spiro atoms. The highest BCUT2D eigenvalue weighted by Gasteiger charge is 2.57. The molecule has 1 N–H and O–H groups in total. The first kappa shape index (κ1) is 42.4. The number of piperidine rings is 2. The number of hydrogen-bond acceptors (Lipinski definition) is 8. The van der Waals surface area contributed by atoms with E-state index in [-0.39, 0.29) is 68.7 Å². The van der Waals surface area contributed by atoms with Crippen LogP contribution in [0.3, 0.4) is 0 Å². The highest BCUT2D eigenvalue weighted by molar-refractivity contribution is 7.10. The zero-order valence-corrected chi connectivity index (χ0v) is 32.7. The lowest BCUT2D eigenvalue weighted by molar-refractivity contribution is -0.163. The molecule has 2 saturated heterocycles. The fourth-order valence-corrected chi connectivity index (χ4v) is 9.32. The SMILES string of the molecule is CCC[C@H]1N(C(=O)c2ncccc2C(F)(F)F)CCC[C@@]1(Oc1csc(C(F)(F)F)c1)C(=O)N1CCC(O)(c2ccccc2OCCCC2(C(C)=O)CCC2)CC1. The van der Waals surface area contributed by atoms with E-state index in [9.17, 15) is 45.8 Å². The molecule has 1 saturated carbocycles. The molecule has 1 aliphatic carbocycles. The Balaban J connectivity index is 1.26. The number of para-hydroxylation sites is 1. The number of aliphatic hydroxyl groups is 1. The number of rotatable bonds is 13. The lowest BCUT2D eigenvalue weighted by atomic mass is 9.64. The maximum absolute atomic E-state index is 15.0. The van der Waals surface area contributed by atoms with Gasteiger partial charge >= 0.3 is 12.4 Å². The van der Waals surface area contributed by atoms with Crippen molar-refractivity contribution in [2.24, 2.45) is 5.41 Å². The Morgan fingerprint density at radius 3 is 2.28 bits per heavy atom. The molecule has 3 aliphatic rings. The van der Waals surface area contributed by atoms with Gasteiger partial charge in [-0.05, 0) is 76.5 Å². The van der Waals surface area contributed by atoms with E-state index in [4.69, 9.17) is 9.47 Å². The Labute approximate surface area is 331 Å². The smallest absolute Gasteiger partial charge is 0.425 e. The zero-order chi connectivity index (χ0) is 41.2. The van der Waals surface area contributed by atoms with Crippen LogP contribution in [0, 0.1) is 5.41 Å². The molecule has 0 radical (unpaired) electrons. The molecule has 4 heterocycles. The highest BCUT2D eigenvalue weighted by atomic mass is 32.1. The lowest BCUT2D eigenvalue weighted by Crippen LogP contribution is -2.68. The second kappa shape index (κ2) is 16.6. The van der Waals surface area contributed by atoms with Crippen LogP contribution < -0.4 is 9.47 Å². The number of ketones is 1. The topological polar surface area (TPSA) is 109 Å². The Kier molecular flexibility index (Phi) is 12.3. The third kappa shape index (κ3) is 8.67. The van der Waals surface area contributed by atoms with Gasteiger partial charge in [-0.1, -0.05) is 38.0 Å². The number of thiophene rings is 1. The van der Waals surface area contributed by atoms with E-state index in [2.05, 4.69) is 4.98 Å². The van der Waals surface area contributed by atoms with Crippen LogP contribution in [0.2, 0.25) is 0 Å². The molecule has 2 aliphatic heterocycles. The first-order valence-electron chi connectivity index (χ1n) is 19.4. The van der Waals surface area contributed by atoms with E-state index in [0.29, 0.717) is 48.5 Å². The summed E-state index contributed by atoms with van der Waals surface area (Å²) in [4.78, 5) is 46.7. The molecule has 2 aromatic heterocycles. The molecule has 9 nitrogen and oxygen atoms in total. The Morgan fingerprint density at radius 2 is 1.67 bits per heavy atom. The van der Waals surface area contributed by atoms with Crippen molar-refractivity contribution >= 4 is 28.9 Å². The summed E-state index contributed by atoms with van der Waals surface area (Å²) in [5.41, 5.74) is -5.26. The van der Waals surface area contributed by atoms with Crippen LogP contribution >= 0.6 is 11.3 Å². The standard InChI is InChI=1S/C41H47F6N3O6S/c1-3-10-32-39(56-28-25-33(57-26-28)41(45,46)47,17-8-21-50(32)35(52)34-30(40(42,43)44)12-6-20-48-34)36(53)49-22-18-38(54,19-23-49)29-11-4-5-13-31(29)55-24-9-16-37(27(2)51)14-7-15-37/h4-6,11-13,20,25-26,32,54H,3,7-10,14-19,21-24H2,1-2H3/t32-,39+/m1/s1. The summed E-state index contributed by atoms with van der Waals surface area (Å²) in [5.74, 6) is -1.30. The van der Waals surface area contributed by atoms with Crippen molar-refractivity contribution in [3.63, 3.8) is 0 Å². The van der Waals surface area contributed by atoms with E-state index >= 15 is 0 Å². The third-order valence-electron chi connectivity index (χ3n) is 11.9. The summed E-state index contributed by atoms with van der Waals surface area (Å²) in [6.45, 7) is 3.68. The number of carbonyl (C=O) groups excluding carboxylic acids is 3. The van der Waals surface area contributed by atoms with Crippen molar-refractivity contribution < 1.29 is 55.3 Å². The van der Waals surface area contributed by atoms with Gasteiger partial charge in [-0.25, -0.2) is 0 Å². The molecular formula is C41H47F6N3O6S. The van der Waals surface area contributed by atoms with E-state index in [1.165, 1.54) is 4.90 Å². The van der Waals surface area contributed by atoms with Crippen molar-refractivity contribution in [3.05, 3.63) is 75.7 Å². The van der Waals surface area contributed by atoms with E-state index in [0.717, 1.165) is 53.9 Å². The quantitative estimate of drug-likeness (QED) is 0.136. The van der Waals surface area contributed by atoms with Gasteiger partial charge in [-0.15, -0.1) is 11.3 Å². The molecule has 16 heteroatoms. The first-order valence-corrected chi connectivity index (χ1v) is 20.3. The van der Waals surface area contributed by atoms with Gasteiger partial charge in [0.05, 0.1) is 23.8 Å². The maximum Gasteiger partial charge on any atom is 0.425 e. The number of carbonyl (C=O) groups is 3. The van der Waals surface area contributed by atoms with E-state index in [1.807, 2.05) is 0 Å². The second-order valence-electron chi connectivity index (χ2n) is 15.4. The molecule has 2 amide bonds. The number of nitrogens with zero attached hydrogens (tertiary/aromatic N) is 3. The summed E-state index contributed by atoms with van der Waals surface area (Å²) in [5, 5.41) is 13.2. The number of amides is 2. The van der Waals surface area contributed by atoms with Crippen LogP contribution in [-0.4, -0.2) is 75.4 Å². The fourth-order valence-electron chi connectivity index (χ4n) is 8.64. The number of pyridine rings is 1. The molecular weight excluding hydrogens is 777 g/mol. The predicted octanol–water partition coefficient (Wildman–Crippen LogP) is 8.83. The Morgan fingerprint density at radius 1 is 0.947 bits per heavy atom. The number of aromatic nitrogens is 1. The monoisotopic (exact) mass is 823 g/mol. The molecule has 3 aromatic rings. The number of benzene rings is 1. The minimum absolute atomic E-state index is 0.00139. The van der Waals surface area contributed by atoms with Crippen LogP contribution in [0.4, 0.5) is 26.3 Å². The maximum atomic E-state index is 15.0. The van der Waals surface area contributed by atoms with Gasteiger partial charge in [0.25, 0.3) is 11.8 Å². The van der Waals surface area contributed by atoms with Crippen molar-refractivity contribution in [2.75, 3.05) is 26.2 Å². The number of Topliss-reactive ketones (excluding diaryl/α,β-unsaturated/α-hetero) is 1. The average Bonchev–Trinajstić information content (AvgIpc) is 3.63. The van der Waals surface area contributed by atoms with E-state index < -0.39 is 57.5 Å². The Bertz CT molecular complexity index is 1920. The lowest BCUT2D eigenvalue weighted by Gasteiger charge is -2.51. The van der Waals surface area contributed by atoms with Gasteiger partial charge in [0.15, 0.2) is 0 Å². The molecule has 0 bridgehead atoms. The van der Waals surface area contributed by atoms with Gasteiger partial charge in [-0.2, -0.15) is 26.3 Å². The van der Waals surface area contributed by atoms with Crippen LogP contribution in [0.1, 0.15) is 111 Å². The minimum Gasteiger partial charge on any atom is -0.493 e. The molecule has 0 unspecified atom stereocenters. The van der Waals surface area contributed by atoms with Gasteiger partial charge in [0, 0.05) is 54.7 Å². The van der Waals surface area contributed by atoms with Gasteiger partial charge in [-0.3, -0.25) is 19.4 Å². The summed E-state index contributed by atoms with van der Waals surface area (Å²) in [6, 6.07) is 8.47. The van der Waals surface area contributed by atoms with Crippen molar-refractivity contribution in [1.82, 2.24) is 14.8 Å². The van der Waals surface area contributed by atoms with Gasteiger partial charge < -0.3 is 24.4 Å². The van der Waals surface area contributed by atoms with Crippen molar-refractivity contribution in [3.8, 4) is 11.5 Å². The van der Waals surface area contributed by atoms with Crippen LogP contribution in [0.5, 0.6) is 11.5 Å². The molecule has 310 valence electrons. The zero-order valence-electron chi connectivity index (χ0n) is 31.9. The minimum atomic E-state index is -4.91. The number of alkyl halides is 6. The predicted molar refractivity (Wildman–Crippen MR) is 199 cm³/mol. The number of likely N-dealkylation sites (tertiary alicyclic amines) is 2. The molecule has 1 aromatic carbocycles. The summed E-state index contributed by atoms with van der Waals surface area (Å²) >= 11 is 0.376. The molecule has 3 fully saturated rings. The van der Waals surface area contributed by atoms with Crippen LogP contribution in [0.15, 0.2) is 54.0 Å². The number of ether oxygens (including phenoxy) is 2. The van der Waals surface area contributed by atoms with Gasteiger partial charge in [0.1, 0.15) is 27.9 Å². The average molecular weight is 824 g/mol. The number of halogens is 6. The second-order valence-corrected chi connectivity index (χ2v) is 16.3. The van der Waals surface area contributed by atoms with E-state index in [1.54, 1.807) is 38.1 Å². The highest BCUT2D eigenvalue weighted by Crippen LogP contribution is 2.47. The third-order valence-corrected chi connectivity index (χ3v) is 12.9. The molecule has 2 atom stereocenters. The van der Waals surface area contributed by atoms with Crippen LogP contribution in [-0.2, 0) is 27.5 Å². The summed E-state index contributed by atoms with van der Waals surface area (Å²) < 4.78 is 95.9. The largest absolute Gasteiger partial charge is 0.493 e. The Hall–Kier alpha value is -4.18. The first-order chi connectivity index (χ1) is 26.9. The molecule has 6 rings (SSSR count). The molecule has 57 heavy (non-hydrogen) atoms. The van der Waals surface area contributed by atoms with Crippen molar-refractivity contribution in [2.45, 2.75) is 114 Å². The number of hydrogen-bond donors (Lipinski definition) is 1. The normalized spacial score (nSPS) is 22.1.